The van der Waals surface area contributed by atoms with E-state index in [-0.39, 0.29) is 11.6 Å². The van der Waals surface area contributed by atoms with Crippen LogP contribution in [0.5, 0.6) is 5.75 Å². The molecule has 0 radical (unpaired) electrons. The molecule has 0 aliphatic carbocycles. The zero-order valence-corrected chi connectivity index (χ0v) is 11.4. The second-order valence-electron chi connectivity index (χ2n) is 5.32. The van der Waals surface area contributed by atoms with Gasteiger partial charge < -0.3 is 14.7 Å². The molecule has 2 atom stereocenters. The third-order valence-corrected chi connectivity index (χ3v) is 4.00. The van der Waals surface area contributed by atoms with Crippen molar-refractivity contribution in [2.24, 2.45) is 0 Å². The van der Waals surface area contributed by atoms with Gasteiger partial charge in [-0.15, -0.1) is 0 Å². The summed E-state index contributed by atoms with van der Waals surface area (Å²) in [6.07, 6.45) is 0.800. The minimum atomic E-state index is -0.782. The summed E-state index contributed by atoms with van der Waals surface area (Å²) in [5, 5.41) is 21.3. The van der Waals surface area contributed by atoms with Crippen LogP contribution in [-0.2, 0) is 4.79 Å². The minimum absolute atomic E-state index is 0.0293. The predicted octanol–water partition coefficient (Wildman–Crippen LogP) is 1.40. The number of nitrogens with zero attached hydrogens (tertiary/aromatic N) is 2. The van der Waals surface area contributed by atoms with E-state index >= 15 is 0 Å². The average molecular weight is 292 g/mol. The fourth-order valence-corrected chi connectivity index (χ4v) is 3.01. The number of non-ortho nitro benzene ring substituents is 1. The molecular formula is C14H16N2O5. The van der Waals surface area contributed by atoms with E-state index in [1.165, 1.54) is 12.1 Å². The molecule has 2 heterocycles. The monoisotopic (exact) mass is 292 g/mol. The average Bonchev–Trinajstić information content (AvgIpc) is 2.79. The Bertz CT molecular complexity index is 589. The first-order valence-corrected chi connectivity index (χ1v) is 6.96. The highest BCUT2D eigenvalue weighted by Crippen LogP contribution is 2.39. The van der Waals surface area contributed by atoms with Gasteiger partial charge in [0, 0.05) is 37.1 Å². The highest BCUT2D eigenvalue weighted by molar-refractivity contribution is 5.79. The van der Waals surface area contributed by atoms with Crippen LogP contribution in [0.3, 0.4) is 0 Å². The smallest absolute Gasteiger partial charge is 0.270 e. The van der Waals surface area contributed by atoms with Crippen LogP contribution in [-0.4, -0.2) is 40.1 Å². The first-order chi connectivity index (χ1) is 10.1. The van der Waals surface area contributed by atoms with E-state index in [1.54, 1.807) is 11.0 Å². The summed E-state index contributed by atoms with van der Waals surface area (Å²) in [5.41, 5.74) is 0.451. The lowest BCUT2D eigenvalue weighted by Crippen LogP contribution is -2.37. The van der Waals surface area contributed by atoms with Crippen molar-refractivity contribution in [2.75, 3.05) is 13.2 Å². The molecule has 2 aliphatic heterocycles. The summed E-state index contributed by atoms with van der Waals surface area (Å²) >= 11 is 0. The van der Waals surface area contributed by atoms with Gasteiger partial charge in [0.1, 0.15) is 5.75 Å². The van der Waals surface area contributed by atoms with Gasteiger partial charge in [0.05, 0.1) is 23.7 Å². The zero-order chi connectivity index (χ0) is 15.0. The summed E-state index contributed by atoms with van der Waals surface area (Å²) in [6.45, 7) is 0.882. The molecule has 7 heteroatoms. The number of nitro groups is 1. The third-order valence-electron chi connectivity index (χ3n) is 4.00. The molecule has 1 N–H and O–H groups in total. The lowest BCUT2D eigenvalue weighted by Gasteiger charge is -2.30. The molecule has 1 saturated heterocycles. The number of benzene rings is 1. The van der Waals surface area contributed by atoms with Crippen molar-refractivity contribution >= 4 is 11.6 Å². The number of aliphatic hydroxyl groups excluding tert-OH is 1. The Hall–Kier alpha value is -2.15. The number of hydrogen-bond acceptors (Lipinski definition) is 5. The van der Waals surface area contributed by atoms with Crippen LogP contribution in [0.15, 0.2) is 18.2 Å². The lowest BCUT2D eigenvalue weighted by molar-refractivity contribution is -0.385. The zero-order valence-electron chi connectivity index (χ0n) is 11.4. The van der Waals surface area contributed by atoms with Crippen LogP contribution in [0.25, 0.3) is 0 Å². The van der Waals surface area contributed by atoms with Crippen LogP contribution in [0.4, 0.5) is 5.69 Å². The van der Waals surface area contributed by atoms with Crippen LogP contribution in [0.2, 0.25) is 0 Å². The van der Waals surface area contributed by atoms with E-state index in [1.807, 2.05) is 0 Å². The van der Waals surface area contributed by atoms with Crippen LogP contribution in [0.1, 0.15) is 30.9 Å². The van der Waals surface area contributed by atoms with Crippen molar-refractivity contribution in [2.45, 2.75) is 31.4 Å². The second kappa shape index (κ2) is 5.33. The number of ether oxygens (including phenoxy) is 1. The molecule has 3 rings (SSSR count). The van der Waals surface area contributed by atoms with Crippen molar-refractivity contribution < 1.29 is 19.6 Å². The van der Waals surface area contributed by atoms with Crippen LogP contribution in [0, 0.1) is 10.1 Å². The van der Waals surface area contributed by atoms with Gasteiger partial charge >= 0.3 is 0 Å². The summed E-state index contributed by atoms with van der Waals surface area (Å²) in [6, 6.07) is 3.75. The Balaban J connectivity index is 2.07. The number of fused-ring (bicyclic) bond motifs is 1. The van der Waals surface area contributed by atoms with Gasteiger partial charge in [0.2, 0.25) is 5.91 Å². The molecule has 1 aromatic rings. The molecule has 1 aromatic carbocycles. The largest absolute Gasteiger partial charge is 0.493 e. The number of nitro benzene ring substituents is 1. The topological polar surface area (TPSA) is 92.9 Å². The van der Waals surface area contributed by atoms with E-state index in [4.69, 9.17) is 4.74 Å². The van der Waals surface area contributed by atoms with Crippen molar-refractivity contribution in [1.82, 2.24) is 4.90 Å². The number of carbonyl (C=O) groups excluding carboxylic acids is 1. The van der Waals surface area contributed by atoms with E-state index < -0.39 is 17.1 Å². The normalized spacial score (nSPS) is 25.2. The lowest BCUT2D eigenvalue weighted by atomic mass is 9.97. The Morgan fingerprint density at radius 2 is 2.24 bits per heavy atom. The molecule has 0 unspecified atom stereocenters. The van der Waals surface area contributed by atoms with Gasteiger partial charge in [-0.1, -0.05) is 0 Å². The van der Waals surface area contributed by atoms with E-state index in [9.17, 15) is 20.0 Å². The summed E-state index contributed by atoms with van der Waals surface area (Å²) in [5.74, 6) is 0.472. The Morgan fingerprint density at radius 3 is 2.90 bits per heavy atom. The van der Waals surface area contributed by atoms with Gasteiger partial charge in [-0.05, 0) is 12.5 Å². The molecule has 2 aliphatic rings. The van der Waals surface area contributed by atoms with E-state index in [2.05, 4.69) is 0 Å². The number of carbonyl (C=O) groups is 1. The van der Waals surface area contributed by atoms with Gasteiger partial charge in [-0.3, -0.25) is 14.9 Å². The van der Waals surface area contributed by atoms with Crippen molar-refractivity contribution in [1.29, 1.82) is 0 Å². The quantitative estimate of drug-likeness (QED) is 0.657. The summed E-state index contributed by atoms with van der Waals surface area (Å²) < 4.78 is 5.56. The maximum absolute atomic E-state index is 12.0. The van der Waals surface area contributed by atoms with E-state index in [0.29, 0.717) is 37.3 Å². The number of likely N-dealkylation sites (tertiary alicyclic amines) is 1. The Morgan fingerprint density at radius 1 is 1.43 bits per heavy atom. The number of rotatable bonds is 2. The highest BCUT2D eigenvalue weighted by Gasteiger charge is 2.37. The molecule has 0 spiro atoms. The Kier molecular flexibility index (Phi) is 3.50. The van der Waals surface area contributed by atoms with Gasteiger partial charge in [0.25, 0.3) is 5.69 Å². The second-order valence-corrected chi connectivity index (χ2v) is 5.32. The van der Waals surface area contributed by atoms with Gasteiger partial charge in [-0.25, -0.2) is 0 Å². The van der Waals surface area contributed by atoms with Crippen LogP contribution < -0.4 is 4.74 Å². The fourth-order valence-electron chi connectivity index (χ4n) is 3.01. The first kappa shape index (κ1) is 13.8. The molecule has 21 heavy (non-hydrogen) atoms. The van der Waals surface area contributed by atoms with Gasteiger partial charge in [-0.2, -0.15) is 0 Å². The minimum Gasteiger partial charge on any atom is -0.493 e. The number of amides is 1. The van der Waals surface area contributed by atoms with Crippen molar-refractivity contribution in [3.63, 3.8) is 0 Å². The standard InChI is InChI=1S/C14H16N2O5/c17-11-5-7-21-12-4-3-9(16(19)20)8-10(12)14(11)15-6-1-2-13(15)18/h3-4,8,11,14,17H,1-2,5-7H2/t11-,14-/m1/s1. The van der Waals surface area contributed by atoms with Crippen molar-refractivity contribution in [3.05, 3.63) is 33.9 Å². The van der Waals surface area contributed by atoms with E-state index in [0.717, 1.165) is 6.42 Å². The molecular weight excluding hydrogens is 276 g/mol. The molecule has 7 nitrogen and oxygen atoms in total. The predicted molar refractivity (Wildman–Crippen MR) is 72.9 cm³/mol. The molecule has 1 amide bonds. The maximum Gasteiger partial charge on any atom is 0.270 e. The fraction of sp³-hybridized carbons (Fsp3) is 0.500. The summed E-state index contributed by atoms with van der Waals surface area (Å²) in [7, 11) is 0. The first-order valence-electron chi connectivity index (χ1n) is 6.96. The maximum atomic E-state index is 12.0. The van der Waals surface area contributed by atoms with Crippen LogP contribution >= 0.6 is 0 Å². The van der Waals surface area contributed by atoms with Gasteiger partial charge in [0.15, 0.2) is 0 Å². The van der Waals surface area contributed by atoms with Crippen molar-refractivity contribution in [3.8, 4) is 5.75 Å². The summed E-state index contributed by atoms with van der Waals surface area (Å²) in [4.78, 5) is 24.1. The number of aliphatic hydroxyl groups is 1. The molecule has 1 fully saturated rings. The molecule has 112 valence electrons. The molecule has 0 saturated carbocycles. The molecule has 0 aromatic heterocycles. The molecule has 0 bridgehead atoms. The Labute approximate surface area is 121 Å². The number of hydrogen-bond donors (Lipinski definition) is 1. The highest BCUT2D eigenvalue weighted by atomic mass is 16.6. The SMILES string of the molecule is O=C1CCCN1[C@@H]1c2cc([N+](=O)[O-])ccc2OCC[C@H]1O. The third kappa shape index (κ3) is 2.44.